The Hall–Kier alpha value is -0.700. The second kappa shape index (κ2) is 2.57. The van der Waals surface area contributed by atoms with Crippen molar-refractivity contribution in [3.8, 4) is 11.8 Å². The van der Waals surface area contributed by atoms with Gasteiger partial charge in [0.15, 0.2) is 0 Å². The minimum absolute atomic E-state index is 1.01. The van der Waals surface area contributed by atoms with Crippen molar-refractivity contribution < 1.29 is 0 Å². The molecule has 0 saturated carbocycles. The molecule has 1 rings (SSSR count). The third-order valence-corrected chi connectivity index (χ3v) is 1.42. The Labute approximate surface area is 50.6 Å². The van der Waals surface area contributed by atoms with Gasteiger partial charge >= 0.3 is 0 Å². The van der Waals surface area contributed by atoms with Gasteiger partial charge in [-0.15, -0.1) is 5.92 Å². The summed E-state index contributed by atoms with van der Waals surface area (Å²) >= 11 is 0. The van der Waals surface area contributed by atoms with Crippen LogP contribution < -0.4 is 0 Å². The first kappa shape index (κ1) is 5.44. The first-order chi connectivity index (χ1) is 3.93. The summed E-state index contributed by atoms with van der Waals surface area (Å²) in [5.41, 5.74) is 1.50. The molecule has 0 N–H and O–H groups in total. The maximum atomic E-state index is 3.07. The molecule has 0 amide bonds. The number of rotatable bonds is 0. The van der Waals surface area contributed by atoms with Crippen LogP contribution in [0.1, 0.15) is 26.2 Å². The zero-order valence-electron chi connectivity index (χ0n) is 5.20. The first-order valence-electron chi connectivity index (χ1n) is 3.03. The molecule has 42 valence electrons. The molecule has 0 aromatic rings. The van der Waals surface area contributed by atoms with Gasteiger partial charge in [0, 0.05) is 12.8 Å². The predicted molar refractivity (Wildman–Crippen MR) is 35.4 cm³/mol. The van der Waals surface area contributed by atoms with E-state index in [0.29, 0.717) is 0 Å². The molecule has 0 fully saturated rings. The zero-order chi connectivity index (χ0) is 5.82. The Morgan fingerprint density at radius 2 is 2.38 bits per heavy atom. The third kappa shape index (κ3) is 1.13. The van der Waals surface area contributed by atoms with Crippen molar-refractivity contribution in [2.24, 2.45) is 0 Å². The van der Waals surface area contributed by atoms with Gasteiger partial charge < -0.3 is 0 Å². The van der Waals surface area contributed by atoms with E-state index < -0.39 is 0 Å². The van der Waals surface area contributed by atoms with E-state index in [1.807, 2.05) is 0 Å². The molecule has 0 aliphatic heterocycles. The molecule has 1 aliphatic rings. The van der Waals surface area contributed by atoms with E-state index in [1.165, 1.54) is 12.0 Å². The van der Waals surface area contributed by atoms with E-state index in [1.54, 1.807) is 0 Å². The summed E-state index contributed by atoms with van der Waals surface area (Å²) in [5.74, 6) is 6.13. The summed E-state index contributed by atoms with van der Waals surface area (Å²) in [6, 6.07) is 0. The minimum Gasteiger partial charge on any atom is -0.103 e. The standard InChI is InChI=1S/C8H10/c1-2-8-6-4-3-5-7-8/h2H,4,6-7H2,1H3/b8-2-. The van der Waals surface area contributed by atoms with Crippen LogP contribution in [-0.4, -0.2) is 0 Å². The summed E-state index contributed by atoms with van der Waals surface area (Å²) in [7, 11) is 0. The van der Waals surface area contributed by atoms with Gasteiger partial charge in [-0.05, 0) is 13.3 Å². The molecular formula is C8H10. The lowest BCUT2D eigenvalue weighted by Gasteiger charge is -2.01. The van der Waals surface area contributed by atoms with Gasteiger partial charge in [-0.1, -0.05) is 17.6 Å². The molecule has 0 spiro atoms. The monoisotopic (exact) mass is 106 g/mol. The van der Waals surface area contributed by atoms with Crippen molar-refractivity contribution in [3.63, 3.8) is 0 Å². The van der Waals surface area contributed by atoms with Crippen molar-refractivity contribution in [1.29, 1.82) is 0 Å². The van der Waals surface area contributed by atoms with E-state index in [2.05, 4.69) is 24.8 Å². The molecule has 0 bridgehead atoms. The van der Waals surface area contributed by atoms with Crippen molar-refractivity contribution in [3.05, 3.63) is 11.6 Å². The van der Waals surface area contributed by atoms with Gasteiger partial charge in [-0.3, -0.25) is 0 Å². The second-order valence-corrected chi connectivity index (χ2v) is 1.98. The summed E-state index contributed by atoms with van der Waals surface area (Å²) in [6.07, 6.45) is 5.45. The van der Waals surface area contributed by atoms with Gasteiger partial charge in [-0.2, -0.15) is 0 Å². The van der Waals surface area contributed by atoms with Crippen LogP contribution in [0.4, 0.5) is 0 Å². The highest BCUT2D eigenvalue weighted by Gasteiger charge is 1.95. The second-order valence-electron chi connectivity index (χ2n) is 1.98. The summed E-state index contributed by atoms with van der Waals surface area (Å²) in [5, 5.41) is 0. The molecule has 8 heavy (non-hydrogen) atoms. The summed E-state index contributed by atoms with van der Waals surface area (Å²) < 4.78 is 0. The Balaban J connectivity index is 2.56. The third-order valence-electron chi connectivity index (χ3n) is 1.42. The zero-order valence-corrected chi connectivity index (χ0v) is 5.20. The van der Waals surface area contributed by atoms with Crippen molar-refractivity contribution in [2.45, 2.75) is 26.2 Å². The highest BCUT2D eigenvalue weighted by Crippen LogP contribution is 2.11. The molecule has 0 atom stereocenters. The van der Waals surface area contributed by atoms with Crippen LogP contribution in [-0.2, 0) is 0 Å². The van der Waals surface area contributed by atoms with Crippen LogP contribution in [0.15, 0.2) is 11.6 Å². The van der Waals surface area contributed by atoms with E-state index in [0.717, 1.165) is 12.8 Å². The fourth-order valence-electron chi connectivity index (χ4n) is 0.822. The highest BCUT2D eigenvalue weighted by atomic mass is 14.0. The Morgan fingerprint density at radius 3 is 2.75 bits per heavy atom. The Kier molecular flexibility index (Phi) is 1.75. The highest BCUT2D eigenvalue weighted by molar-refractivity contribution is 5.18. The first-order valence-corrected chi connectivity index (χ1v) is 3.03. The summed E-state index contributed by atoms with van der Waals surface area (Å²) in [6.45, 7) is 2.09. The van der Waals surface area contributed by atoms with Gasteiger partial charge in [0.25, 0.3) is 0 Å². The topological polar surface area (TPSA) is 0 Å². The van der Waals surface area contributed by atoms with Crippen LogP contribution in [0, 0.1) is 11.8 Å². The van der Waals surface area contributed by atoms with Gasteiger partial charge in [0.05, 0.1) is 0 Å². The largest absolute Gasteiger partial charge is 0.103 e. The lowest BCUT2D eigenvalue weighted by atomic mass is 10.0. The van der Waals surface area contributed by atoms with E-state index >= 15 is 0 Å². The predicted octanol–water partition coefficient (Wildman–Crippen LogP) is 2.12. The van der Waals surface area contributed by atoms with Crippen molar-refractivity contribution in [2.75, 3.05) is 0 Å². The molecular weight excluding hydrogens is 96.1 g/mol. The molecule has 0 aromatic heterocycles. The SMILES string of the molecule is C/C=C1\CC#CCC1. The number of hydrogen-bond acceptors (Lipinski definition) is 0. The van der Waals surface area contributed by atoms with Crippen LogP contribution in [0.25, 0.3) is 0 Å². The van der Waals surface area contributed by atoms with Gasteiger partial charge in [-0.25, -0.2) is 0 Å². The van der Waals surface area contributed by atoms with Crippen LogP contribution in [0.5, 0.6) is 0 Å². The normalized spacial score (nSPS) is 22.4. The average Bonchev–Trinajstić information content (AvgIpc) is 1.90. The van der Waals surface area contributed by atoms with Crippen molar-refractivity contribution >= 4 is 0 Å². The van der Waals surface area contributed by atoms with Gasteiger partial charge in [0.2, 0.25) is 0 Å². The Morgan fingerprint density at radius 1 is 1.50 bits per heavy atom. The fourth-order valence-corrected chi connectivity index (χ4v) is 0.822. The quantitative estimate of drug-likeness (QED) is 0.328. The Bertz CT molecular complexity index is 153. The minimum atomic E-state index is 1.01. The van der Waals surface area contributed by atoms with E-state index in [-0.39, 0.29) is 0 Å². The van der Waals surface area contributed by atoms with E-state index in [4.69, 9.17) is 0 Å². The molecule has 0 heteroatoms. The van der Waals surface area contributed by atoms with Crippen LogP contribution >= 0.6 is 0 Å². The average molecular weight is 106 g/mol. The lowest BCUT2D eigenvalue weighted by Crippen LogP contribution is -1.85. The van der Waals surface area contributed by atoms with Gasteiger partial charge in [0.1, 0.15) is 0 Å². The molecule has 0 saturated heterocycles. The molecule has 0 nitrogen and oxygen atoms in total. The maximum absolute atomic E-state index is 3.07. The lowest BCUT2D eigenvalue weighted by molar-refractivity contribution is 0.939. The smallest absolute Gasteiger partial charge is 0.0299 e. The number of allylic oxidation sites excluding steroid dienone is 2. The summed E-state index contributed by atoms with van der Waals surface area (Å²) in [4.78, 5) is 0. The maximum Gasteiger partial charge on any atom is 0.0299 e. The molecule has 0 aromatic carbocycles. The van der Waals surface area contributed by atoms with E-state index in [9.17, 15) is 0 Å². The molecule has 1 aliphatic carbocycles. The number of hydrogen-bond donors (Lipinski definition) is 0. The molecule has 0 radical (unpaired) electrons. The van der Waals surface area contributed by atoms with Crippen LogP contribution in [0.3, 0.4) is 0 Å². The molecule has 0 unspecified atom stereocenters. The van der Waals surface area contributed by atoms with Crippen LogP contribution in [0.2, 0.25) is 0 Å². The fraction of sp³-hybridized carbons (Fsp3) is 0.500. The van der Waals surface area contributed by atoms with Crippen molar-refractivity contribution in [1.82, 2.24) is 0 Å². The molecule has 0 heterocycles.